The molecule has 10 nitrogen and oxygen atoms in total. The Morgan fingerprint density at radius 1 is 0.846 bits per heavy atom. The van der Waals surface area contributed by atoms with Crippen molar-refractivity contribution in [3.8, 4) is 0 Å². The van der Waals surface area contributed by atoms with Crippen molar-refractivity contribution in [1.29, 1.82) is 0 Å². The molecule has 0 amide bonds. The Hall–Kier alpha value is 0.353. The van der Waals surface area contributed by atoms with Gasteiger partial charge in [0.05, 0.1) is 0 Å². The standard InChI is InChI=1S/2BH3NO4.Zn/c2*3-1(4)6-2-5;/h2*2-4H;/q2*-1;+2. The quantitative estimate of drug-likeness (QED) is 0.213. The van der Waals surface area contributed by atoms with Crippen LogP contribution >= 0.6 is 0 Å². The second kappa shape index (κ2) is 14.9. The molecular formula is H6B2N2O8Zn. The fourth-order valence-corrected chi connectivity index (χ4v) is 0.0861. The summed E-state index contributed by atoms with van der Waals surface area (Å²) in [6.45, 7) is 0. The molecule has 0 aliphatic carbocycles. The third-order valence-electron chi connectivity index (χ3n) is 0.307. The maximum absolute atomic E-state index is 8.95. The average Bonchev–Trinajstić information content (AvgIpc) is 1.87. The van der Waals surface area contributed by atoms with Crippen LogP contribution in [0.3, 0.4) is 0 Å². The van der Waals surface area contributed by atoms with Crippen molar-refractivity contribution in [3.05, 3.63) is 10.4 Å². The van der Waals surface area contributed by atoms with E-state index in [1.54, 1.807) is 0 Å². The SMILES string of the molecule is [O-]NOB(O)O.[O-]NOB(O)O.[Zn+2]. The monoisotopic (exact) mass is 248 g/mol. The summed E-state index contributed by atoms with van der Waals surface area (Å²) in [4.78, 5) is 0. The fourth-order valence-electron chi connectivity index (χ4n) is 0.0861. The Morgan fingerprint density at radius 3 is 1.08 bits per heavy atom. The topological polar surface area (TPSA) is 170 Å². The molecule has 0 heterocycles. The van der Waals surface area contributed by atoms with Crippen molar-refractivity contribution in [3.63, 3.8) is 0 Å². The molecule has 0 aliphatic rings. The normalized spacial score (nSPS) is 7.85. The van der Waals surface area contributed by atoms with Gasteiger partial charge >= 0.3 is 34.1 Å². The third kappa shape index (κ3) is 32.8. The number of hydrogen-bond acceptors (Lipinski definition) is 10. The Kier molecular flexibility index (Phi) is 21.7. The summed E-state index contributed by atoms with van der Waals surface area (Å²) in [7, 11) is -4.05. The van der Waals surface area contributed by atoms with Crippen molar-refractivity contribution in [2.45, 2.75) is 0 Å². The van der Waals surface area contributed by atoms with E-state index in [2.05, 4.69) is 9.51 Å². The summed E-state index contributed by atoms with van der Waals surface area (Å²) in [6, 6.07) is 0. The molecule has 0 radical (unpaired) electrons. The average molecular weight is 249 g/mol. The number of rotatable bonds is 4. The molecule has 0 aromatic carbocycles. The minimum absolute atomic E-state index is 0. The van der Waals surface area contributed by atoms with E-state index in [0.29, 0.717) is 0 Å². The van der Waals surface area contributed by atoms with Gasteiger partial charge < -0.3 is 40.0 Å². The molecule has 0 aromatic rings. The van der Waals surface area contributed by atoms with Crippen LogP contribution in [0.5, 0.6) is 0 Å². The van der Waals surface area contributed by atoms with E-state index in [-0.39, 0.29) is 19.5 Å². The van der Waals surface area contributed by atoms with Gasteiger partial charge in [0.2, 0.25) is 0 Å². The molecule has 0 aliphatic heterocycles. The predicted molar refractivity (Wildman–Crippen MR) is 35.6 cm³/mol. The second-order valence-corrected chi connectivity index (χ2v) is 1.05. The zero-order valence-electron chi connectivity index (χ0n) is 6.28. The molecule has 13 heteroatoms. The summed E-state index contributed by atoms with van der Waals surface area (Å²) in [5.74, 6) is 0. The molecule has 0 atom stereocenters. The van der Waals surface area contributed by atoms with Gasteiger partial charge in [0.15, 0.2) is 0 Å². The number of nitrogens with one attached hydrogen (secondary N) is 2. The largest absolute Gasteiger partial charge is 2.00 e. The van der Waals surface area contributed by atoms with Gasteiger partial charge in [-0.15, -0.1) is 0 Å². The molecule has 0 saturated heterocycles. The molecule has 0 bridgehead atoms. The van der Waals surface area contributed by atoms with E-state index in [9.17, 15) is 0 Å². The Morgan fingerprint density at radius 2 is 1.08 bits per heavy atom. The van der Waals surface area contributed by atoms with Gasteiger partial charge in [0.25, 0.3) is 0 Å². The van der Waals surface area contributed by atoms with Crippen molar-refractivity contribution in [2.24, 2.45) is 0 Å². The predicted octanol–water partition coefficient (Wildman–Crippen LogP) is -4.05. The van der Waals surface area contributed by atoms with Gasteiger partial charge in [-0.3, -0.25) is 11.3 Å². The first kappa shape index (κ1) is 19.0. The third-order valence-corrected chi connectivity index (χ3v) is 0.307. The van der Waals surface area contributed by atoms with Crippen molar-refractivity contribution in [2.75, 3.05) is 0 Å². The smallest absolute Gasteiger partial charge is 0.766 e. The van der Waals surface area contributed by atoms with Gasteiger partial charge in [-0.05, 0) is 0 Å². The Balaban J connectivity index is -0.000000143. The second-order valence-electron chi connectivity index (χ2n) is 1.05. The van der Waals surface area contributed by atoms with Gasteiger partial charge in [0.1, 0.15) is 0 Å². The van der Waals surface area contributed by atoms with Crippen LogP contribution in [0.15, 0.2) is 0 Å². The van der Waals surface area contributed by atoms with Crippen molar-refractivity contribution >= 4 is 14.6 Å². The van der Waals surface area contributed by atoms with E-state index >= 15 is 0 Å². The van der Waals surface area contributed by atoms with E-state index in [0.717, 1.165) is 11.3 Å². The maximum Gasteiger partial charge on any atom is 2.00 e. The summed E-state index contributed by atoms with van der Waals surface area (Å²) in [6.07, 6.45) is 0. The molecule has 6 N–H and O–H groups in total. The molecule has 0 unspecified atom stereocenters. The van der Waals surface area contributed by atoms with Crippen LogP contribution in [0, 0.1) is 10.4 Å². The van der Waals surface area contributed by atoms with Crippen LogP contribution < -0.4 is 11.3 Å². The van der Waals surface area contributed by atoms with Crippen LogP contribution in [0.2, 0.25) is 0 Å². The molecule has 0 fully saturated rings. The van der Waals surface area contributed by atoms with Crippen LogP contribution in [-0.2, 0) is 29.0 Å². The molecule has 13 heavy (non-hydrogen) atoms. The zero-order valence-corrected chi connectivity index (χ0v) is 9.25. The van der Waals surface area contributed by atoms with Gasteiger partial charge in [-0.2, -0.15) is 0 Å². The first-order valence-electron chi connectivity index (χ1n) is 2.32. The van der Waals surface area contributed by atoms with E-state index in [4.69, 9.17) is 30.5 Å². The number of hydrogen-bond donors (Lipinski definition) is 6. The molecule has 72 valence electrons. The summed E-state index contributed by atoms with van der Waals surface area (Å²) in [5.41, 5.74) is 1.63. The summed E-state index contributed by atoms with van der Waals surface area (Å²) >= 11 is 0. The first-order chi connectivity index (χ1) is 5.54. The molecule has 0 aromatic heterocycles. The molecular weight excluding hydrogens is 243 g/mol. The molecule has 0 rings (SSSR count). The first-order valence-corrected chi connectivity index (χ1v) is 2.32. The van der Waals surface area contributed by atoms with E-state index < -0.39 is 14.6 Å². The van der Waals surface area contributed by atoms with Gasteiger partial charge in [-0.25, -0.2) is 0 Å². The van der Waals surface area contributed by atoms with E-state index in [1.165, 1.54) is 0 Å². The minimum Gasteiger partial charge on any atom is -0.766 e. The zero-order chi connectivity index (χ0) is 9.98. The van der Waals surface area contributed by atoms with Gasteiger partial charge in [-0.1, -0.05) is 0 Å². The van der Waals surface area contributed by atoms with Crippen LogP contribution in [-0.4, -0.2) is 34.7 Å². The minimum atomic E-state index is -2.03. The van der Waals surface area contributed by atoms with Gasteiger partial charge in [0, 0.05) is 0 Å². The van der Waals surface area contributed by atoms with Crippen molar-refractivity contribution < 1.29 is 49.1 Å². The molecule has 0 saturated carbocycles. The van der Waals surface area contributed by atoms with Crippen LogP contribution in [0.4, 0.5) is 0 Å². The van der Waals surface area contributed by atoms with Crippen LogP contribution in [0.25, 0.3) is 0 Å². The van der Waals surface area contributed by atoms with Crippen molar-refractivity contribution in [1.82, 2.24) is 11.3 Å². The molecule has 0 spiro atoms. The Bertz CT molecular complexity index is 72.5. The fraction of sp³-hybridized carbons (Fsp3) is 0. The summed E-state index contributed by atoms with van der Waals surface area (Å²) in [5, 5.41) is 48.4. The Labute approximate surface area is 86.0 Å². The van der Waals surface area contributed by atoms with E-state index in [1.807, 2.05) is 0 Å². The summed E-state index contributed by atoms with van der Waals surface area (Å²) < 4.78 is 6.69. The van der Waals surface area contributed by atoms with Crippen LogP contribution in [0.1, 0.15) is 0 Å². The maximum atomic E-state index is 8.95.